The average Bonchev–Trinajstić information content (AvgIpc) is 3.49. The molecule has 2 fully saturated rings. The van der Waals surface area contributed by atoms with Gasteiger partial charge in [0.2, 0.25) is 15.9 Å². The fourth-order valence-corrected chi connectivity index (χ4v) is 8.81. The number of hydrogen-bond donors (Lipinski definition) is 1. The summed E-state index contributed by atoms with van der Waals surface area (Å²) in [5.74, 6) is -2.73. The molecule has 8 nitrogen and oxygen atoms in total. The van der Waals surface area contributed by atoms with Gasteiger partial charge in [0.1, 0.15) is 5.75 Å². The van der Waals surface area contributed by atoms with Crippen LogP contribution < -0.4 is 10.1 Å². The first kappa shape index (κ1) is 30.0. The van der Waals surface area contributed by atoms with Gasteiger partial charge in [-0.2, -0.15) is 4.31 Å². The molecule has 2 aliphatic heterocycles. The first-order valence-corrected chi connectivity index (χ1v) is 16.7. The zero-order valence-electron chi connectivity index (χ0n) is 24.7. The number of rotatable bonds is 7. The minimum Gasteiger partial charge on any atom is -0.497 e. The molecule has 1 saturated carbocycles. The molecule has 0 spiro atoms. The van der Waals surface area contributed by atoms with Crippen molar-refractivity contribution in [2.24, 2.45) is 5.92 Å². The van der Waals surface area contributed by atoms with Crippen LogP contribution in [0, 0.1) is 5.92 Å². The fourth-order valence-electron chi connectivity index (χ4n) is 7.11. The van der Waals surface area contributed by atoms with Crippen LogP contribution in [0.5, 0.6) is 5.75 Å². The van der Waals surface area contributed by atoms with Crippen LogP contribution in [0.4, 0.5) is 8.78 Å². The lowest BCUT2D eigenvalue weighted by atomic mass is 9.87. The van der Waals surface area contributed by atoms with Crippen molar-refractivity contribution in [2.75, 3.05) is 26.7 Å². The Morgan fingerprint density at radius 3 is 2.53 bits per heavy atom. The maximum absolute atomic E-state index is 14.2. The van der Waals surface area contributed by atoms with Gasteiger partial charge >= 0.3 is 0 Å². The highest BCUT2D eigenvalue weighted by Gasteiger charge is 2.43. The molecule has 3 aromatic rings. The zero-order chi connectivity index (χ0) is 30.4. The molecule has 43 heavy (non-hydrogen) atoms. The molecule has 232 valence electrons. The number of aromatic nitrogens is 1. The third-order valence-electron chi connectivity index (χ3n) is 9.59. The second kappa shape index (κ2) is 11.8. The standard InChI is InChI=1S/C32H40F2N4O4S/c1-22(31(39)35-25-5-3-6-26(21-25)36-15-12-32(33,34)13-16-36)30-29-7-4-14-37(29)17-18-38(30)43(40,41)28-11-9-23-19-27(42-2)10-8-24(23)20-28/h4,7-11,14,19-20,22,25-26,30H,3,5-6,12-13,15-18,21H2,1-2H3,(H,35,39). The SMILES string of the molecule is COc1ccc2cc(S(=O)(=O)N3CCn4cccc4C3C(C)C(=O)NC3CCCC(N4CCC(F)(F)CC4)C3)ccc2c1. The number of nitrogens with zero attached hydrogens (tertiary/aromatic N) is 3. The van der Waals surface area contributed by atoms with Gasteiger partial charge in [0.25, 0.3) is 5.92 Å². The summed E-state index contributed by atoms with van der Waals surface area (Å²) in [6, 6.07) is 13.8. The van der Waals surface area contributed by atoms with E-state index in [0.29, 0.717) is 25.4 Å². The van der Waals surface area contributed by atoms with Gasteiger partial charge in [-0.05, 0) is 72.9 Å². The van der Waals surface area contributed by atoms with Crippen LogP contribution in [0.3, 0.4) is 0 Å². The lowest BCUT2D eigenvalue weighted by molar-refractivity contribution is -0.127. The first-order valence-electron chi connectivity index (χ1n) is 15.2. The molecular weight excluding hydrogens is 574 g/mol. The number of fused-ring (bicyclic) bond motifs is 2. The molecule has 4 atom stereocenters. The number of carbonyl (C=O) groups is 1. The molecular formula is C32H40F2N4O4S. The number of nitrogens with one attached hydrogen (secondary N) is 1. The second-order valence-electron chi connectivity index (χ2n) is 12.3. The monoisotopic (exact) mass is 614 g/mol. The summed E-state index contributed by atoms with van der Waals surface area (Å²) in [4.78, 5) is 16.1. The largest absolute Gasteiger partial charge is 0.497 e. The lowest BCUT2D eigenvalue weighted by Gasteiger charge is -2.42. The van der Waals surface area contributed by atoms with E-state index in [1.54, 1.807) is 38.3 Å². The van der Waals surface area contributed by atoms with Gasteiger partial charge in [-0.3, -0.25) is 9.69 Å². The molecule has 3 heterocycles. The molecule has 1 saturated heterocycles. The van der Waals surface area contributed by atoms with Crippen molar-refractivity contribution in [3.63, 3.8) is 0 Å². The third-order valence-corrected chi connectivity index (χ3v) is 11.5. The van der Waals surface area contributed by atoms with Crippen molar-refractivity contribution in [3.8, 4) is 5.75 Å². The molecule has 11 heteroatoms. The number of benzene rings is 2. The smallest absolute Gasteiger partial charge is 0.250 e. The number of likely N-dealkylation sites (tertiary alicyclic amines) is 1. The van der Waals surface area contributed by atoms with Crippen molar-refractivity contribution in [3.05, 3.63) is 60.4 Å². The number of amides is 1. The predicted octanol–water partition coefficient (Wildman–Crippen LogP) is 5.19. The topological polar surface area (TPSA) is 83.9 Å². The van der Waals surface area contributed by atoms with E-state index in [1.165, 1.54) is 4.31 Å². The van der Waals surface area contributed by atoms with E-state index in [1.807, 2.05) is 35.0 Å². The highest BCUT2D eigenvalue weighted by atomic mass is 32.2. The first-order chi connectivity index (χ1) is 20.6. The number of methoxy groups -OCH3 is 1. The summed E-state index contributed by atoms with van der Waals surface area (Å²) in [5.41, 5.74) is 0.791. The summed E-state index contributed by atoms with van der Waals surface area (Å²) in [6.07, 6.45) is 5.09. The van der Waals surface area contributed by atoms with Crippen molar-refractivity contribution in [1.82, 2.24) is 19.1 Å². The number of halogens is 2. The van der Waals surface area contributed by atoms with E-state index in [4.69, 9.17) is 4.74 Å². The number of alkyl halides is 2. The minimum atomic E-state index is -3.94. The Kier molecular flexibility index (Phi) is 8.25. The highest BCUT2D eigenvalue weighted by Crippen LogP contribution is 2.38. The van der Waals surface area contributed by atoms with Crippen molar-refractivity contribution >= 4 is 26.7 Å². The summed E-state index contributed by atoms with van der Waals surface area (Å²) < 4.78 is 64.6. The maximum Gasteiger partial charge on any atom is 0.250 e. The van der Waals surface area contributed by atoms with Gasteiger partial charge in [-0.1, -0.05) is 19.1 Å². The Morgan fingerprint density at radius 2 is 1.77 bits per heavy atom. The number of hydrogen-bond acceptors (Lipinski definition) is 5. The van der Waals surface area contributed by atoms with Crippen molar-refractivity contribution in [1.29, 1.82) is 0 Å². The molecule has 1 N–H and O–H groups in total. The predicted molar refractivity (Wildman–Crippen MR) is 161 cm³/mol. The van der Waals surface area contributed by atoms with Crippen LogP contribution >= 0.6 is 0 Å². The molecule has 2 aromatic carbocycles. The van der Waals surface area contributed by atoms with Crippen LogP contribution in [0.1, 0.15) is 57.2 Å². The van der Waals surface area contributed by atoms with E-state index in [-0.39, 0.29) is 42.3 Å². The van der Waals surface area contributed by atoms with Gasteiger partial charge in [0.05, 0.1) is 24.0 Å². The Bertz CT molecular complexity index is 1580. The Hall–Kier alpha value is -3.02. The van der Waals surface area contributed by atoms with Gasteiger partial charge in [0.15, 0.2) is 0 Å². The van der Waals surface area contributed by atoms with Crippen LogP contribution in [-0.2, 0) is 21.4 Å². The van der Waals surface area contributed by atoms with Crippen molar-refractivity contribution in [2.45, 2.75) is 80.9 Å². The lowest BCUT2D eigenvalue weighted by Crippen LogP contribution is -2.52. The van der Waals surface area contributed by atoms with Gasteiger partial charge in [-0.25, -0.2) is 17.2 Å². The summed E-state index contributed by atoms with van der Waals surface area (Å²) in [6.45, 7) is 3.30. The van der Waals surface area contributed by atoms with Crippen LogP contribution in [0.25, 0.3) is 10.8 Å². The normalized spacial score (nSPS) is 25.6. The van der Waals surface area contributed by atoms with E-state index < -0.39 is 27.9 Å². The number of piperidine rings is 1. The molecule has 1 aliphatic carbocycles. The quantitative estimate of drug-likeness (QED) is 0.396. The summed E-state index contributed by atoms with van der Waals surface area (Å²) >= 11 is 0. The third kappa shape index (κ3) is 6.04. The fraction of sp³-hybridized carbons (Fsp3) is 0.531. The summed E-state index contributed by atoms with van der Waals surface area (Å²) in [7, 11) is -2.35. The minimum absolute atomic E-state index is 0.0750. The average molecular weight is 615 g/mol. The summed E-state index contributed by atoms with van der Waals surface area (Å²) in [5, 5.41) is 4.87. The van der Waals surface area contributed by atoms with Crippen LogP contribution in [0.15, 0.2) is 59.6 Å². The van der Waals surface area contributed by atoms with Crippen molar-refractivity contribution < 1.29 is 26.7 Å². The Morgan fingerprint density at radius 1 is 1.02 bits per heavy atom. The zero-order valence-corrected chi connectivity index (χ0v) is 25.5. The van der Waals surface area contributed by atoms with Gasteiger partial charge in [0, 0.05) is 63.0 Å². The number of ether oxygens (including phenoxy) is 1. The van der Waals surface area contributed by atoms with Gasteiger partial charge < -0.3 is 14.6 Å². The van der Waals surface area contributed by atoms with E-state index in [9.17, 15) is 22.0 Å². The molecule has 0 radical (unpaired) electrons. The molecule has 4 unspecified atom stereocenters. The molecule has 1 amide bonds. The maximum atomic E-state index is 14.2. The molecule has 0 bridgehead atoms. The number of sulfonamides is 1. The second-order valence-corrected chi connectivity index (χ2v) is 14.2. The van der Waals surface area contributed by atoms with Crippen LogP contribution in [0.2, 0.25) is 0 Å². The Balaban J connectivity index is 1.21. The van der Waals surface area contributed by atoms with E-state index in [0.717, 1.165) is 42.1 Å². The molecule has 1 aromatic heterocycles. The van der Waals surface area contributed by atoms with Gasteiger partial charge in [-0.15, -0.1) is 0 Å². The van der Waals surface area contributed by atoms with E-state index >= 15 is 0 Å². The molecule has 3 aliphatic rings. The Labute approximate surface area is 252 Å². The molecule has 6 rings (SSSR count). The van der Waals surface area contributed by atoms with Crippen LogP contribution in [-0.4, -0.2) is 72.8 Å². The van der Waals surface area contributed by atoms with E-state index in [2.05, 4.69) is 10.2 Å². The number of carbonyl (C=O) groups excluding carboxylic acids is 1. The highest BCUT2D eigenvalue weighted by molar-refractivity contribution is 7.89.